The summed E-state index contributed by atoms with van der Waals surface area (Å²) < 4.78 is 23.1. The molecule has 54 heavy (non-hydrogen) atoms. The van der Waals surface area contributed by atoms with Gasteiger partial charge in [-0.15, -0.1) is 0 Å². The highest BCUT2D eigenvalue weighted by atomic mass is 16.7. The summed E-state index contributed by atoms with van der Waals surface area (Å²) in [6.45, 7) is 12.9. The average molecular weight is 765 g/mol. The molecule has 0 saturated heterocycles. The van der Waals surface area contributed by atoms with Crippen LogP contribution in [0.3, 0.4) is 0 Å². The summed E-state index contributed by atoms with van der Waals surface area (Å²) in [7, 11) is 0. The van der Waals surface area contributed by atoms with Crippen LogP contribution in [0.5, 0.6) is 0 Å². The highest BCUT2D eigenvalue weighted by Gasteiger charge is 2.14. The average Bonchev–Trinajstić information content (AvgIpc) is 3.17. The molecule has 0 aromatic carbocycles. The van der Waals surface area contributed by atoms with Gasteiger partial charge in [-0.3, -0.25) is 9.59 Å². The van der Waals surface area contributed by atoms with E-state index in [4.69, 9.17) is 24.7 Å². The molecule has 0 atom stereocenters. The monoisotopic (exact) mass is 765 g/mol. The van der Waals surface area contributed by atoms with Gasteiger partial charge >= 0.3 is 11.9 Å². The summed E-state index contributed by atoms with van der Waals surface area (Å²) >= 11 is 0. The van der Waals surface area contributed by atoms with Crippen LogP contribution in [0.4, 0.5) is 0 Å². The number of ether oxygens (including phenoxy) is 4. The number of carbonyl (C=O) groups excluding carboxylic acids is 2. The fourth-order valence-corrected chi connectivity index (χ4v) is 6.33. The molecule has 0 fully saturated rings. The highest BCUT2D eigenvalue weighted by molar-refractivity contribution is 5.69. The molecular formula is C46H88N2O6. The van der Waals surface area contributed by atoms with E-state index in [-0.39, 0.29) is 18.2 Å². The number of carbonyl (C=O) groups is 2. The van der Waals surface area contributed by atoms with Crippen LogP contribution in [0.25, 0.3) is 0 Å². The third-order valence-electron chi connectivity index (χ3n) is 9.70. The zero-order valence-electron chi connectivity index (χ0n) is 35.8. The van der Waals surface area contributed by atoms with Gasteiger partial charge in [-0.05, 0) is 116 Å². The molecule has 0 spiro atoms. The Morgan fingerprint density at radius 1 is 0.500 bits per heavy atom. The lowest BCUT2D eigenvalue weighted by Gasteiger charge is -2.22. The summed E-state index contributed by atoms with van der Waals surface area (Å²) in [6, 6.07) is 0. The minimum Gasteiger partial charge on any atom is -0.466 e. The SMILES string of the molecule is CC/C=C\CCCCOC(CCC(=O)OCCCCCCN(CCCN)CCCCCCCC(=O)OCCCCCCCCC)OCCCC/C=C\CC. The maximum atomic E-state index is 12.5. The second-order valence-electron chi connectivity index (χ2n) is 14.9. The van der Waals surface area contributed by atoms with Crippen LogP contribution in [0.15, 0.2) is 24.3 Å². The Hall–Kier alpha value is -1.74. The standard InChI is InChI=1S/C46H88N2O6/c1-4-7-10-13-16-23-28-40-51-44(49)33-25-18-17-19-26-37-48(39-32-36-47)38-27-20-24-29-41-52-45(50)34-35-46(53-42-30-21-14-11-8-5-2)54-43-31-22-15-12-9-6-3/h8-9,11-12,46H,4-7,10,13-43,47H2,1-3H3/b11-8-,12-9-. The molecule has 0 amide bonds. The lowest BCUT2D eigenvalue weighted by Crippen LogP contribution is -2.28. The zero-order chi connectivity index (χ0) is 39.4. The van der Waals surface area contributed by atoms with Gasteiger partial charge in [-0.25, -0.2) is 0 Å². The van der Waals surface area contributed by atoms with Gasteiger partial charge in [-0.1, -0.05) is 116 Å². The van der Waals surface area contributed by atoms with Crippen molar-refractivity contribution in [3.63, 3.8) is 0 Å². The van der Waals surface area contributed by atoms with Crippen molar-refractivity contribution in [2.45, 2.75) is 207 Å². The van der Waals surface area contributed by atoms with E-state index < -0.39 is 0 Å². The van der Waals surface area contributed by atoms with E-state index in [9.17, 15) is 9.59 Å². The molecule has 0 radical (unpaired) electrons. The van der Waals surface area contributed by atoms with Crippen LogP contribution >= 0.6 is 0 Å². The fourth-order valence-electron chi connectivity index (χ4n) is 6.33. The van der Waals surface area contributed by atoms with Gasteiger partial charge in [0.05, 0.1) is 19.6 Å². The molecular weight excluding hydrogens is 677 g/mol. The number of rotatable bonds is 43. The van der Waals surface area contributed by atoms with Crippen LogP contribution in [0, 0.1) is 0 Å². The topological polar surface area (TPSA) is 100 Å². The van der Waals surface area contributed by atoms with Crippen molar-refractivity contribution in [1.29, 1.82) is 0 Å². The Balaban J connectivity index is 4.06. The zero-order valence-corrected chi connectivity index (χ0v) is 35.8. The number of hydrogen-bond donors (Lipinski definition) is 1. The number of unbranched alkanes of at least 4 members (excludes halogenated alkanes) is 17. The first-order chi connectivity index (χ1) is 26.6. The van der Waals surface area contributed by atoms with Gasteiger partial charge < -0.3 is 29.6 Å². The second kappa shape index (κ2) is 44.0. The molecule has 0 bridgehead atoms. The smallest absolute Gasteiger partial charge is 0.305 e. The van der Waals surface area contributed by atoms with Crippen LogP contribution in [-0.2, 0) is 28.5 Å². The molecule has 318 valence electrons. The molecule has 0 aliphatic rings. The number of nitrogens with zero attached hydrogens (tertiary/aromatic N) is 1. The molecule has 0 rings (SSSR count). The summed E-state index contributed by atoms with van der Waals surface area (Å²) in [5.74, 6) is -0.186. The van der Waals surface area contributed by atoms with Crippen molar-refractivity contribution < 1.29 is 28.5 Å². The van der Waals surface area contributed by atoms with Gasteiger partial charge in [0.15, 0.2) is 6.29 Å². The van der Waals surface area contributed by atoms with Crippen molar-refractivity contribution in [3.05, 3.63) is 24.3 Å². The maximum absolute atomic E-state index is 12.5. The summed E-state index contributed by atoms with van der Waals surface area (Å²) in [6.07, 6.45) is 38.0. The predicted molar refractivity (Wildman–Crippen MR) is 228 cm³/mol. The van der Waals surface area contributed by atoms with Gasteiger partial charge in [0.1, 0.15) is 0 Å². The lowest BCUT2D eigenvalue weighted by atomic mass is 10.1. The highest BCUT2D eigenvalue weighted by Crippen LogP contribution is 2.13. The summed E-state index contributed by atoms with van der Waals surface area (Å²) in [5, 5.41) is 0. The van der Waals surface area contributed by atoms with Crippen LogP contribution in [0.1, 0.15) is 201 Å². The van der Waals surface area contributed by atoms with Crippen LogP contribution in [-0.4, -0.2) is 75.7 Å². The largest absolute Gasteiger partial charge is 0.466 e. The van der Waals surface area contributed by atoms with Crippen LogP contribution in [0.2, 0.25) is 0 Å². The van der Waals surface area contributed by atoms with E-state index in [0.717, 1.165) is 129 Å². The molecule has 0 unspecified atom stereocenters. The van der Waals surface area contributed by atoms with Crippen molar-refractivity contribution >= 4 is 11.9 Å². The molecule has 0 aromatic heterocycles. The lowest BCUT2D eigenvalue weighted by molar-refractivity contribution is -0.159. The molecule has 0 heterocycles. The van der Waals surface area contributed by atoms with Gasteiger partial charge in [0.25, 0.3) is 0 Å². The molecule has 8 nitrogen and oxygen atoms in total. The van der Waals surface area contributed by atoms with Crippen molar-refractivity contribution in [2.24, 2.45) is 5.73 Å². The van der Waals surface area contributed by atoms with Crippen molar-refractivity contribution in [3.8, 4) is 0 Å². The first-order valence-corrected chi connectivity index (χ1v) is 22.8. The molecule has 0 aromatic rings. The Morgan fingerprint density at radius 3 is 1.46 bits per heavy atom. The minimum atomic E-state index is -0.350. The predicted octanol–water partition coefficient (Wildman–Crippen LogP) is 11.8. The Labute approximate surface area is 334 Å². The number of esters is 2. The van der Waals surface area contributed by atoms with Gasteiger partial charge in [-0.2, -0.15) is 0 Å². The number of allylic oxidation sites excluding steroid dienone is 4. The molecule has 8 heteroatoms. The summed E-state index contributed by atoms with van der Waals surface area (Å²) in [4.78, 5) is 27.1. The van der Waals surface area contributed by atoms with Crippen molar-refractivity contribution in [1.82, 2.24) is 4.90 Å². The van der Waals surface area contributed by atoms with E-state index in [1.807, 2.05) is 0 Å². The van der Waals surface area contributed by atoms with Gasteiger partial charge in [0.2, 0.25) is 0 Å². The second-order valence-corrected chi connectivity index (χ2v) is 14.9. The maximum Gasteiger partial charge on any atom is 0.305 e. The van der Waals surface area contributed by atoms with Gasteiger partial charge in [0, 0.05) is 26.1 Å². The van der Waals surface area contributed by atoms with Crippen LogP contribution < -0.4 is 5.73 Å². The third kappa shape index (κ3) is 39.9. The molecule has 2 N–H and O–H groups in total. The quantitative estimate of drug-likeness (QED) is 0.0283. The Kier molecular flexibility index (Phi) is 42.6. The minimum absolute atomic E-state index is 0.0268. The fraction of sp³-hybridized carbons (Fsp3) is 0.870. The first-order valence-electron chi connectivity index (χ1n) is 22.8. The first kappa shape index (κ1) is 52.3. The van der Waals surface area contributed by atoms with E-state index in [1.54, 1.807) is 0 Å². The van der Waals surface area contributed by atoms with E-state index in [0.29, 0.717) is 45.7 Å². The third-order valence-corrected chi connectivity index (χ3v) is 9.70. The normalized spacial score (nSPS) is 11.9. The molecule has 0 aliphatic carbocycles. The Morgan fingerprint density at radius 2 is 0.944 bits per heavy atom. The summed E-state index contributed by atoms with van der Waals surface area (Å²) in [5.41, 5.74) is 5.82. The number of nitrogens with two attached hydrogens (primary N) is 1. The van der Waals surface area contributed by atoms with E-state index in [2.05, 4.69) is 50.0 Å². The van der Waals surface area contributed by atoms with E-state index >= 15 is 0 Å². The Bertz CT molecular complexity index is 827. The van der Waals surface area contributed by atoms with Crippen molar-refractivity contribution in [2.75, 3.05) is 52.6 Å². The van der Waals surface area contributed by atoms with E-state index in [1.165, 1.54) is 57.8 Å². The molecule has 0 saturated carbocycles. The number of hydrogen-bond acceptors (Lipinski definition) is 8. The molecule has 0 aliphatic heterocycles.